The Morgan fingerprint density at radius 2 is 1.74 bits per heavy atom. The van der Waals surface area contributed by atoms with Crippen LogP contribution in [0.25, 0.3) is 0 Å². The highest BCUT2D eigenvalue weighted by atomic mass is 16.5. The number of rotatable bonds is 5. The summed E-state index contributed by atoms with van der Waals surface area (Å²) in [6.45, 7) is 8.05. The lowest BCUT2D eigenvalue weighted by Gasteiger charge is -1.99. The van der Waals surface area contributed by atoms with Crippen LogP contribution in [0.1, 0.15) is 13.3 Å². The summed E-state index contributed by atoms with van der Waals surface area (Å²) in [5, 5.41) is 8.48. The van der Waals surface area contributed by atoms with Gasteiger partial charge >= 0.3 is 17.9 Å². The van der Waals surface area contributed by atoms with Gasteiger partial charge in [-0.3, -0.25) is 0 Å². The number of allylic oxidation sites excluding steroid dienone is 1. The minimum absolute atomic E-state index is 0.185. The summed E-state index contributed by atoms with van der Waals surface area (Å²) >= 11 is 0. The smallest absolute Gasteiger partial charge is 0.333 e. The van der Waals surface area contributed by atoms with Crippen LogP contribution in [0.4, 0.5) is 0 Å². The van der Waals surface area contributed by atoms with Crippen LogP contribution in [0.3, 0.4) is 0 Å². The first-order valence-electron chi connectivity index (χ1n) is 5.16. The Kier molecular flexibility index (Phi) is 10.8. The van der Waals surface area contributed by atoms with Crippen LogP contribution < -0.4 is 0 Å². The third kappa shape index (κ3) is 10.5. The summed E-state index contributed by atoms with van der Waals surface area (Å²) in [5.74, 6) is -1.91. The minimum atomic E-state index is -1.00. The first kappa shape index (κ1) is 19.0. The van der Waals surface area contributed by atoms with E-state index in [1.54, 1.807) is 0 Å². The second-order valence-electron chi connectivity index (χ2n) is 3.22. The number of carbonyl (C=O) groups excluding carboxylic acids is 2. The van der Waals surface area contributed by atoms with Gasteiger partial charge in [-0.05, 0) is 13.3 Å². The molecule has 0 aliphatic heterocycles. The average molecular weight is 270 g/mol. The molecule has 0 amide bonds. The molecule has 0 aliphatic carbocycles. The number of hydrogen-bond acceptors (Lipinski definition) is 5. The Hall–Kier alpha value is -2.37. The van der Waals surface area contributed by atoms with Gasteiger partial charge in [0, 0.05) is 17.2 Å². The van der Waals surface area contributed by atoms with E-state index in [-0.39, 0.29) is 17.6 Å². The van der Waals surface area contributed by atoms with Crippen LogP contribution in [-0.4, -0.2) is 37.2 Å². The minimum Gasteiger partial charge on any atom is -0.478 e. The number of carboxylic acid groups (broad SMARTS) is 1. The Morgan fingerprint density at radius 1 is 1.21 bits per heavy atom. The number of methoxy groups -OCH3 is 2. The number of hydrogen-bond donors (Lipinski definition) is 1. The van der Waals surface area contributed by atoms with E-state index >= 15 is 0 Å². The SMILES string of the molecule is C=C(CC=C(C)C(=O)O)C(=O)OC.C=CC(=O)OC. The van der Waals surface area contributed by atoms with Crippen molar-refractivity contribution in [2.24, 2.45) is 0 Å². The van der Waals surface area contributed by atoms with Gasteiger partial charge in [-0.15, -0.1) is 0 Å². The van der Waals surface area contributed by atoms with Crippen molar-refractivity contribution in [1.29, 1.82) is 0 Å². The fourth-order valence-electron chi connectivity index (χ4n) is 0.675. The molecule has 0 fully saturated rings. The largest absolute Gasteiger partial charge is 0.478 e. The molecule has 1 N–H and O–H groups in total. The van der Waals surface area contributed by atoms with Crippen molar-refractivity contribution < 1.29 is 29.0 Å². The Morgan fingerprint density at radius 3 is 2.00 bits per heavy atom. The monoisotopic (exact) mass is 270 g/mol. The molecule has 0 saturated heterocycles. The lowest BCUT2D eigenvalue weighted by atomic mass is 10.1. The highest BCUT2D eigenvalue weighted by Gasteiger charge is 2.05. The summed E-state index contributed by atoms with van der Waals surface area (Å²) in [7, 11) is 2.56. The second-order valence-corrected chi connectivity index (χ2v) is 3.22. The molecule has 0 atom stereocenters. The molecule has 0 spiro atoms. The molecule has 0 bridgehead atoms. The summed E-state index contributed by atoms with van der Waals surface area (Å²) < 4.78 is 8.53. The Bertz CT molecular complexity index is 392. The molecule has 0 unspecified atom stereocenters. The van der Waals surface area contributed by atoms with Crippen molar-refractivity contribution in [1.82, 2.24) is 0 Å². The maximum absolute atomic E-state index is 10.8. The summed E-state index contributed by atoms with van der Waals surface area (Å²) in [6.07, 6.45) is 2.73. The fourth-order valence-corrected chi connectivity index (χ4v) is 0.675. The quantitative estimate of drug-likeness (QED) is 0.601. The number of carboxylic acids is 1. The number of ether oxygens (including phenoxy) is 2. The highest BCUT2D eigenvalue weighted by molar-refractivity contribution is 5.89. The lowest BCUT2D eigenvalue weighted by Crippen LogP contribution is -2.03. The molecule has 0 saturated carbocycles. The van der Waals surface area contributed by atoms with E-state index in [2.05, 4.69) is 22.6 Å². The third-order valence-corrected chi connectivity index (χ3v) is 1.83. The lowest BCUT2D eigenvalue weighted by molar-refractivity contribution is -0.136. The Balaban J connectivity index is 0. The average Bonchev–Trinajstić information content (AvgIpc) is 2.42. The zero-order valence-corrected chi connectivity index (χ0v) is 11.3. The molecule has 0 aliphatic rings. The molecule has 0 aromatic carbocycles. The third-order valence-electron chi connectivity index (χ3n) is 1.83. The van der Waals surface area contributed by atoms with E-state index in [0.717, 1.165) is 6.08 Å². The van der Waals surface area contributed by atoms with Crippen molar-refractivity contribution in [3.63, 3.8) is 0 Å². The highest BCUT2D eigenvalue weighted by Crippen LogP contribution is 2.04. The van der Waals surface area contributed by atoms with E-state index in [1.165, 1.54) is 27.2 Å². The number of carbonyl (C=O) groups is 3. The first-order chi connectivity index (χ1) is 8.79. The molecule has 0 radical (unpaired) electrons. The maximum Gasteiger partial charge on any atom is 0.333 e. The van der Waals surface area contributed by atoms with Crippen molar-refractivity contribution >= 4 is 17.9 Å². The molecule has 0 heterocycles. The molecular weight excluding hydrogens is 252 g/mol. The van der Waals surface area contributed by atoms with Crippen LogP contribution >= 0.6 is 0 Å². The van der Waals surface area contributed by atoms with Gasteiger partial charge < -0.3 is 14.6 Å². The number of aliphatic carboxylic acids is 1. The molecule has 6 heteroatoms. The van der Waals surface area contributed by atoms with Gasteiger partial charge in [0.05, 0.1) is 14.2 Å². The van der Waals surface area contributed by atoms with Gasteiger partial charge in [0.1, 0.15) is 0 Å². The zero-order valence-electron chi connectivity index (χ0n) is 11.3. The summed E-state index contributed by atoms with van der Waals surface area (Å²) in [4.78, 5) is 31.0. The molecule has 19 heavy (non-hydrogen) atoms. The summed E-state index contributed by atoms with van der Waals surface area (Å²) in [6, 6.07) is 0. The normalized spacial score (nSPS) is 9.53. The van der Waals surface area contributed by atoms with Crippen LogP contribution in [0, 0.1) is 0 Å². The van der Waals surface area contributed by atoms with E-state index in [1.807, 2.05) is 0 Å². The van der Waals surface area contributed by atoms with E-state index in [4.69, 9.17) is 5.11 Å². The van der Waals surface area contributed by atoms with Gasteiger partial charge in [0.15, 0.2) is 0 Å². The molecule has 6 nitrogen and oxygen atoms in total. The Labute approximate surface area is 112 Å². The van der Waals surface area contributed by atoms with Crippen molar-refractivity contribution in [3.05, 3.63) is 36.5 Å². The number of esters is 2. The molecule has 0 rings (SSSR count). The van der Waals surface area contributed by atoms with Crippen molar-refractivity contribution in [2.45, 2.75) is 13.3 Å². The van der Waals surface area contributed by atoms with Gasteiger partial charge in [0.25, 0.3) is 0 Å². The standard InChI is InChI=1S/C9H12O4.C4H6O2/c1-6(8(10)11)4-5-7(2)9(12)13-3;1-3-4(5)6-2/h4H,2,5H2,1,3H3,(H,10,11);3H,1H2,2H3. The van der Waals surface area contributed by atoms with Crippen LogP contribution in [0.15, 0.2) is 36.5 Å². The fraction of sp³-hybridized carbons (Fsp3) is 0.308. The van der Waals surface area contributed by atoms with Crippen LogP contribution in [0.5, 0.6) is 0 Å². The maximum atomic E-state index is 10.8. The topological polar surface area (TPSA) is 89.9 Å². The first-order valence-corrected chi connectivity index (χ1v) is 5.16. The van der Waals surface area contributed by atoms with Gasteiger partial charge in [-0.25, -0.2) is 14.4 Å². The predicted molar refractivity (Wildman–Crippen MR) is 69.4 cm³/mol. The summed E-state index contributed by atoms with van der Waals surface area (Å²) in [5.41, 5.74) is 0.424. The molecular formula is C13H18O6. The zero-order chi connectivity index (χ0) is 15.4. The van der Waals surface area contributed by atoms with E-state index < -0.39 is 17.9 Å². The molecule has 0 aromatic rings. The predicted octanol–water partition coefficient (Wildman–Crippen LogP) is 1.48. The van der Waals surface area contributed by atoms with Crippen molar-refractivity contribution in [2.75, 3.05) is 14.2 Å². The van der Waals surface area contributed by atoms with Crippen LogP contribution in [0.2, 0.25) is 0 Å². The van der Waals surface area contributed by atoms with Gasteiger partial charge in [-0.1, -0.05) is 19.2 Å². The van der Waals surface area contributed by atoms with Gasteiger partial charge in [0.2, 0.25) is 0 Å². The molecule has 106 valence electrons. The molecule has 0 aromatic heterocycles. The van der Waals surface area contributed by atoms with E-state index in [9.17, 15) is 14.4 Å². The van der Waals surface area contributed by atoms with E-state index in [0.29, 0.717) is 0 Å². The van der Waals surface area contributed by atoms with Gasteiger partial charge in [-0.2, -0.15) is 0 Å². The second kappa shape index (κ2) is 10.8. The van der Waals surface area contributed by atoms with Crippen molar-refractivity contribution in [3.8, 4) is 0 Å². The van der Waals surface area contributed by atoms with Crippen LogP contribution in [-0.2, 0) is 23.9 Å².